The van der Waals surface area contributed by atoms with Gasteiger partial charge in [-0.25, -0.2) is 9.67 Å². The zero-order chi connectivity index (χ0) is 20.9. The van der Waals surface area contributed by atoms with Crippen molar-refractivity contribution in [3.8, 4) is 11.5 Å². The molecule has 2 N–H and O–H groups in total. The highest BCUT2D eigenvalue weighted by Crippen LogP contribution is 2.33. The van der Waals surface area contributed by atoms with Gasteiger partial charge in [-0.15, -0.1) is 0 Å². The van der Waals surface area contributed by atoms with Crippen LogP contribution < -0.4 is 20.1 Å². The number of nitrogens with one attached hydrogen (secondary N) is 2. The second-order valence-corrected chi connectivity index (χ2v) is 7.89. The van der Waals surface area contributed by atoms with Crippen LogP contribution in [-0.4, -0.2) is 54.1 Å². The highest BCUT2D eigenvalue weighted by atomic mass is 16.5. The van der Waals surface area contributed by atoms with Crippen LogP contribution in [0.2, 0.25) is 0 Å². The van der Waals surface area contributed by atoms with Crippen LogP contribution in [0, 0.1) is 0 Å². The normalized spacial score (nSPS) is 16.9. The minimum absolute atomic E-state index is 0.159. The van der Waals surface area contributed by atoms with Gasteiger partial charge in [0.05, 0.1) is 27.3 Å². The first-order chi connectivity index (χ1) is 14.0. The van der Waals surface area contributed by atoms with Crippen LogP contribution in [-0.2, 0) is 18.4 Å². The van der Waals surface area contributed by atoms with Crippen molar-refractivity contribution in [2.75, 3.05) is 27.3 Å². The van der Waals surface area contributed by atoms with Crippen molar-refractivity contribution in [3.63, 3.8) is 0 Å². The largest absolute Gasteiger partial charge is 0.493 e. The number of guanidine groups is 1. The van der Waals surface area contributed by atoms with Crippen molar-refractivity contribution in [2.24, 2.45) is 4.99 Å². The number of aromatic nitrogens is 3. The average Bonchev–Trinajstić information content (AvgIpc) is 3.19. The first-order valence-corrected chi connectivity index (χ1v) is 10.1. The zero-order valence-electron chi connectivity index (χ0n) is 18.0. The lowest BCUT2D eigenvalue weighted by atomic mass is 9.84. The molecule has 29 heavy (non-hydrogen) atoms. The van der Waals surface area contributed by atoms with Crippen LogP contribution in [0.25, 0.3) is 0 Å². The fraction of sp³-hybridized carbons (Fsp3) is 0.571. The smallest absolute Gasteiger partial charge is 0.191 e. The van der Waals surface area contributed by atoms with E-state index in [-0.39, 0.29) is 11.5 Å². The van der Waals surface area contributed by atoms with E-state index in [2.05, 4.69) is 47.6 Å². The van der Waals surface area contributed by atoms with Crippen LogP contribution >= 0.6 is 0 Å². The average molecular weight is 401 g/mol. The number of rotatable bonds is 7. The lowest BCUT2D eigenvalue weighted by Gasteiger charge is -2.27. The third-order valence-electron chi connectivity index (χ3n) is 5.29. The Bertz CT molecular complexity index is 845. The molecule has 8 nitrogen and oxygen atoms in total. The van der Waals surface area contributed by atoms with E-state index in [1.54, 1.807) is 20.5 Å². The molecule has 1 unspecified atom stereocenters. The maximum Gasteiger partial charge on any atom is 0.191 e. The second kappa shape index (κ2) is 9.15. The molecule has 0 amide bonds. The molecule has 0 saturated carbocycles. The molecule has 2 aromatic rings. The van der Waals surface area contributed by atoms with Crippen molar-refractivity contribution in [2.45, 2.75) is 51.6 Å². The number of aliphatic imine (C=N–C) groups is 1. The molecular weight excluding hydrogens is 368 g/mol. The number of nitrogens with zero attached hydrogens (tertiary/aromatic N) is 4. The monoisotopic (exact) mass is 400 g/mol. The van der Waals surface area contributed by atoms with E-state index in [0.717, 1.165) is 54.8 Å². The van der Waals surface area contributed by atoms with Gasteiger partial charge in [0, 0.05) is 24.4 Å². The molecular formula is C21H32N6O2. The van der Waals surface area contributed by atoms with Gasteiger partial charge in [-0.1, -0.05) is 19.9 Å². The molecule has 0 fully saturated rings. The van der Waals surface area contributed by atoms with Crippen LogP contribution in [0.4, 0.5) is 0 Å². The second-order valence-electron chi connectivity index (χ2n) is 7.89. The van der Waals surface area contributed by atoms with E-state index in [9.17, 15) is 0 Å². The summed E-state index contributed by atoms with van der Waals surface area (Å²) in [6.07, 6.45) is 3.57. The van der Waals surface area contributed by atoms with E-state index in [4.69, 9.17) is 14.5 Å². The molecule has 0 spiro atoms. The van der Waals surface area contributed by atoms with Crippen molar-refractivity contribution in [1.29, 1.82) is 0 Å². The van der Waals surface area contributed by atoms with Crippen molar-refractivity contribution in [3.05, 3.63) is 35.9 Å². The van der Waals surface area contributed by atoms with Gasteiger partial charge in [-0.05, 0) is 31.0 Å². The lowest BCUT2D eigenvalue weighted by Crippen LogP contribution is -2.47. The Morgan fingerprint density at radius 3 is 2.79 bits per heavy atom. The molecule has 1 aliphatic rings. The molecule has 1 atom stereocenters. The molecule has 8 heteroatoms. The summed E-state index contributed by atoms with van der Waals surface area (Å²) in [6.45, 7) is 8.70. The van der Waals surface area contributed by atoms with Crippen LogP contribution in [0.3, 0.4) is 0 Å². The molecule has 3 rings (SSSR count). The Morgan fingerprint density at radius 1 is 1.28 bits per heavy atom. The first kappa shape index (κ1) is 21.0. The molecule has 2 heterocycles. The van der Waals surface area contributed by atoms with E-state index in [1.807, 2.05) is 16.8 Å². The minimum atomic E-state index is -0.159. The number of hydrogen-bond acceptors (Lipinski definition) is 5. The van der Waals surface area contributed by atoms with E-state index >= 15 is 0 Å². The van der Waals surface area contributed by atoms with Gasteiger partial charge in [0.15, 0.2) is 17.5 Å². The number of methoxy groups -OCH3 is 2. The van der Waals surface area contributed by atoms with Crippen molar-refractivity contribution >= 4 is 5.96 Å². The fourth-order valence-corrected chi connectivity index (χ4v) is 3.49. The number of benzene rings is 1. The topological polar surface area (TPSA) is 85.6 Å². The highest BCUT2D eigenvalue weighted by molar-refractivity contribution is 5.80. The number of hydrogen-bond donors (Lipinski definition) is 2. The Kier molecular flexibility index (Phi) is 6.61. The minimum Gasteiger partial charge on any atom is -0.493 e. The maximum absolute atomic E-state index is 5.46. The van der Waals surface area contributed by atoms with E-state index in [1.165, 1.54) is 0 Å². The summed E-state index contributed by atoms with van der Waals surface area (Å²) in [5, 5.41) is 11.2. The number of aryl methyl sites for hydroxylation is 1. The predicted octanol–water partition coefficient (Wildman–Crippen LogP) is 2.14. The summed E-state index contributed by atoms with van der Waals surface area (Å²) < 4.78 is 12.8. The number of ether oxygens (including phenoxy) is 2. The molecule has 0 radical (unpaired) electrons. The first-order valence-electron chi connectivity index (χ1n) is 10.1. The van der Waals surface area contributed by atoms with Crippen molar-refractivity contribution < 1.29 is 9.47 Å². The fourth-order valence-electron chi connectivity index (χ4n) is 3.49. The summed E-state index contributed by atoms with van der Waals surface area (Å²) in [5.41, 5.74) is 0.993. The lowest BCUT2D eigenvalue weighted by molar-refractivity contribution is 0.353. The van der Waals surface area contributed by atoms with Crippen LogP contribution in [0.1, 0.15) is 38.6 Å². The molecule has 0 aliphatic carbocycles. The summed E-state index contributed by atoms with van der Waals surface area (Å²) in [6, 6.07) is 6.33. The SMILES string of the molecule is CCNC(=NCC(C)(C)c1ccc(OC)c(OC)c1)NC1CCc2ncnn2C1. The molecule has 0 saturated heterocycles. The molecule has 1 aromatic carbocycles. The van der Waals surface area contributed by atoms with Gasteiger partial charge >= 0.3 is 0 Å². The summed E-state index contributed by atoms with van der Waals surface area (Å²) >= 11 is 0. The van der Waals surface area contributed by atoms with Crippen LogP contribution in [0.15, 0.2) is 29.5 Å². The van der Waals surface area contributed by atoms with Gasteiger partial charge in [-0.2, -0.15) is 5.10 Å². The molecule has 1 aromatic heterocycles. The third-order valence-corrected chi connectivity index (χ3v) is 5.29. The Morgan fingerprint density at radius 2 is 2.07 bits per heavy atom. The standard InChI is InChI=1S/C21H32N6O2/c1-6-22-20(26-16-8-10-19-24-14-25-27(19)12-16)23-13-21(2,3)15-7-9-17(28-4)18(11-15)29-5/h7,9,11,14,16H,6,8,10,12-13H2,1-5H3,(H2,22,23,26). The molecule has 0 bridgehead atoms. The summed E-state index contributed by atoms with van der Waals surface area (Å²) in [7, 11) is 3.31. The molecule has 158 valence electrons. The van der Waals surface area contributed by atoms with Gasteiger partial charge in [-0.3, -0.25) is 4.99 Å². The van der Waals surface area contributed by atoms with Crippen LogP contribution in [0.5, 0.6) is 11.5 Å². The Hall–Kier alpha value is -2.77. The van der Waals surface area contributed by atoms with Gasteiger partial charge in [0.25, 0.3) is 0 Å². The van der Waals surface area contributed by atoms with Gasteiger partial charge in [0.2, 0.25) is 0 Å². The third kappa shape index (κ3) is 4.99. The highest BCUT2D eigenvalue weighted by Gasteiger charge is 2.24. The predicted molar refractivity (Wildman–Crippen MR) is 114 cm³/mol. The van der Waals surface area contributed by atoms with E-state index < -0.39 is 0 Å². The molecule has 1 aliphatic heterocycles. The Balaban J connectivity index is 1.70. The summed E-state index contributed by atoms with van der Waals surface area (Å²) in [5.74, 6) is 3.35. The van der Waals surface area contributed by atoms with Gasteiger partial charge < -0.3 is 20.1 Å². The maximum atomic E-state index is 5.46. The summed E-state index contributed by atoms with van der Waals surface area (Å²) in [4.78, 5) is 9.17. The van der Waals surface area contributed by atoms with Gasteiger partial charge in [0.1, 0.15) is 12.2 Å². The van der Waals surface area contributed by atoms with E-state index in [0.29, 0.717) is 6.54 Å². The number of fused-ring (bicyclic) bond motifs is 1. The quantitative estimate of drug-likeness (QED) is 0.547. The van der Waals surface area contributed by atoms with Crippen molar-refractivity contribution in [1.82, 2.24) is 25.4 Å². The Labute approximate surface area is 172 Å². The zero-order valence-corrected chi connectivity index (χ0v) is 18.0.